The van der Waals surface area contributed by atoms with Gasteiger partial charge in [-0.1, -0.05) is 0 Å². The zero-order valence-corrected chi connectivity index (χ0v) is 16.2. The largest absolute Gasteiger partial charge is 0.475 e. The normalized spacial score (nSPS) is 11.9. The molecule has 4 N–H and O–H groups in total. The van der Waals surface area contributed by atoms with Gasteiger partial charge in [-0.2, -0.15) is 5.10 Å². The second-order valence-electron chi connectivity index (χ2n) is 6.51. The molecule has 0 radical (unpaired) electrons. The van der Waals surface area contributed by atoms with E-state index in [4.69, 9.17) is 4.74 Å². The summed E-state index contributed by atoms with van der Waals surface area (Å²) in [6, 6.07) is 6.16. The van der Waals surface area contributed by atoms with E-state index in [2.05, 4.69) is 30.8 Å². The fourth-order valence-electron chi connectivity index (χ4n) is 2.56. The van der Waals surface area contributed by atoms with Crippen LogP contribution in [0.3, 0.4) is 0 Å². The van der Waals surface area contributed by atoms with Crippen molar-refractivity contribution in [2.24, 2.45) is 0 Å². The summed E-state index contributed by atoms with van der Waals surface area (Å²) >= 11 is 0. The molecule has 0 unspecified atom stereocenters. The lowest BCUT2D eigenvalue weighted by Gasteiger charge is -2.17. The van der Waals surface area contributed by atoms with E-state index in [1.54, 1.807) is 6.07 Å². The maximum Gasteiger partial charge on any atom is 0.311 e. The van der Waals surface area contributed by atoms with Crippen LogP contribution in [0.2, 0.25) is 0 Å². The molecule has 0 bridgehead atoms. The number of rotatable bonds is 9. The van der Waals surface area contributed by atoms with Gasteiger partial charge in [-0.05, 0) is 32.0 Å². The van der Waals surface area contributed by atoms with Gasteiger partial charge in [0.15, 0.2) is 5.82 Å². The first kappa shape index (κ1) is 20.9. The summed E-state index contributed by atoms with van der Waals surface area (Å²) in [5.41, 5.74) is 0.117. The van der Waals surface area contributed by atoms with E-state index in [1.165, 1.54) is 24.3 Å². The molecule has 0 spiro atoms. The van der Waals surface area contributed by atoms with E-state index in [0.717, 1.165) is 6.20 Å². The summed E-state index contributed by atoms with van der Waals surface area (Å²) in [6.45, 7) is 3.35. The number of nitrogens with zero attached hydrogens (tertiary/aromatic N) is 4. The molecule has 3 aromatic rings. The highest BCUT2D eigenvalue weighted by atomic mass is 19.1. The molecule has 0 amide bonds. The summed E-state index contributed by atoms with van der Waals surface area (Å²) in [5, 5.41) is 33.4. The molecular formula is C18H20FN7O4. The molecule has 158 valence electrons. The van der Waals surface area contributed by atoms with Gasteiger partial charge in [0, 0.05) is 12.1 Å². The second kappa shape index (κ2) is 9.13. The highest BCUT2D eigenvalue weighted by Crippen LogP contribution is 2.29. The van der Waals surface area contributed by atoms with Gasteiger partial charge in [-0.15, -0.1) is 0 Å². The van der Waals surface area contributed by atoms with Crippen LogP contribution < -0.4 is 15.4 Å². The number of H-pyrrole nitrogens is 1. The van der Waals surface area contributed by atoms with Crippen LogP contribution in [0.4, 0.5) is 27.5 Å². The van der Waals surface area contributed by atoms with Crippen molar-refractivity contribution in [1.29, 1.82) is 0 Å². The van der Waals surface area contributed by atoms with Crippen LogP contribution in [0.5, 0.6) is 5.88 Å². The molecule has 0 aromatic carbocycles. The van der Waals surface area contributed by atoms with Gasteiger partial charge in [0.05, 0.1) is 35.6 Å². The number of aromatic amines is 1. The summed E-state index contributed by atoms with van der Waals surface area (Å²) < 4.78 is 18.6. The van der Waals surface area contributed by atoms with Crippen LogP contribution in [-0.4, -0.2) is 42.9 Å². The second-order valence-corrected chi connectivity index (χ2v) is 6.51. The average molecular weight is 417 g/mol. The summed E-state index contributed by atoms with van der Waals surface area (Å²) in [6.07, 6.45) is 0.957. The number of ether oxygens (including phenoxy) is 1. The zero-order valence-electron chi connectivity index (χ0n) is 16.2. The summed E-state index contributed by atoms with van der Waals surface area (Å²) in [7, 11) is 0. The van der Waals surface area contributed by atoms with Gasteiger partial charge in [-0.25, -0.2) is 14.5 Å². The third kappa shape index (κ3) is 5.17. The maximum atomic E-state index is 13.1. The Morgan fingerprint density at radius 1 is 1.30 bits per heavy atom. The number of aromatic nitrogens is 4. The van der Waals surface area contributed by atoms with Crippen molar-refractivity contribution < 1.29 is 19.2 Å². The standard InChI is InChI=1S/C18H20FN7O4/c1-10(2)30-17-7-16(24-25-17)23-18-14(26(28)29)5-6-15(22-18)21-13(9-27)12-4-3-11(19)8-20-12/h3-8,10,13,27H,9H2,1-2H3,(H3,21,22,23,24,25)/t13-/m0/s1. The molecule has 3 aromatic heterocycles. The molecule has 0 aliphatic heterocycles. The first-order valence-electron chi connectivity index (χ1n) is 8.99. The number of pyridine rings is 2. The van der Waals surface area contributed by atoms with Crippen molar-refractivity contribution >= 4 is 23.1 Å². The van der Waals surface area contributed by atoms with Crippen molar-refractivity contribution in [3.05, 3.63) is 58.2 Å². The fourth-order valence-corrected chi connectivity index (χ4v) is 2.56. The Balaban J connectivity index is 1.84. The van der Waals surface area contributed by atoms with Crippen LogP contribution in [0.15, 0.2) is 36.5 Å². The molecule has 11 nitrogen and oxygen atoms in total. The predicted molar refractivity (Wildman–Crippen MR) is 106 cm³/mol. The first-order chi connectivity index (χ1) is 14.4. The Labute approximate surface area is 170 Å². The minimum Gasteiger partial charge on any atom is -0.475 e. The first-order valence-corrected chi connectivity index (χ1v) is 8.99. The Bertz CT molecular complexity index is 1010. The van der Waals surface area contributed by atoms with E-state index in [1.807, 2.05) is 13.8 Å². The van der Waals surface area contributed by atoms with Gasteiger partial charge < -0.3 is 20.5 Å². The Kier molecular flexibility index (Phi) is 6.37. The van der Waals surface area contributed by atoms with Crippen LogP contribution >= 0.6 is 0 Å². The maximum absolute atomic E-state index is 13.1. The van der Waals surface area contributed by atoms with Crippen LogP contribution in [0.1, 0.15) is 25.6 Å². The minimum absolute atomic E-state index is 0.0589. The molecule has 30 heavy (non-hydrogen) atoms. The highest BCUT2D eigenvalue weighted by Gasteiger charge is 2.20. The minimum atomic E-state index is -0.691. The Hall–Kier alpha value is -3.80. The molecular weight excluding hydrogens is 397 g/mol. The monoisotopic (exact) mass is 417 g/mol. The number of halogens is 1. The molecule has 1 atom stereocenters. The predicted octanol–water partition coefficient (Wildman–Crippen LogP) is 2.92. The van der Waals surface area contributed by atoms with E-state index >= 15 is 0 Å². The van der Waals surface area contributed by atoms with Gasteiger partial charge in [0.2, 0.25) is 11.7 Å². The molecule has 3 rings (SSSR count). The molecule has 0 saturated heterocycles. The number of hydrogen-bond acceptors (Lipinski definition) is 9. The fraction of sp³-hybridized carbons (Fsp3) is 0.278. The van der Waals surface area contributed by atoms with Crippen molar-refractivity contribution in [2.45, 2.75) is 26.0 Å². The lowest BCUT2D eigenvalue weighted by molar-refractivity contribution is -0.384. The number of hydrogen-bond donors (Lipinski definition) is 4. The average Bonchev–Trinajstić information content (AvgIpc) is 3.13. The van der Waals surface area contributed by atoms with Gasteiger partial charge in [0.25, 0.3) is 0 Å². The van der Waals surface area contributed by atoms with Gasteiger partial charge in [-0.3, -0.25) is 15.1 Å². The molecule has 0 aliphatic carbocycles. The summed E-state index contributed by atoms with van der Waals surface area (Å²) in [4.78, 5) is 18.9. The third-order valence-corrected chi connectivity index (χ3v) is 3.85. The summed E-state index contributed by atoms with van der Waals surface area (Å²) in [5.74, 6) is 0.346. The van der Waals surface area contributed by atoms with Gasteiger partial charge >= 0.3 is 5.69 Å². The molecule has 0 fully saturated rings. The van der Waals surface area contributed by atoms with Gasteiger partial charge in [0.1, 0.15) is 11.6 Å². The van der Waals surface area contributed by atoms with Crippen molar-refractivity contribution in [3.63, 3.8) is 0 Å². The number of aliphatic hydroxyl groups is 1. The lowest BCUT2D eigenvalue weighted by atomic mass is 10.2. The molecule has 12 heteroatoms. The van der Waals surface area contributed by atoms with E-state index in [9.17, 15) is 19.6 Å². The van der Waals surface area contributed by atoms with Crippen molar-refractivity contribution in [3.8, 4) is 5.88 Å². The zero-order chi connectivity index (χ0) is 21.7. The van der Waals surface area contributed by atoms with Crippen LogP contribution in [-0.2, 0) is 0 Å². The molecule has 3 heterocycles. The molecule has 0 aliphatic rings. The van der Waals surface area contributed by atoms with E-state index in [0.29, 0.717) is 11.6 Å². The SMILES string of the molecule is CC(C)Oc1cc(Nc2nc(N[C@@H](CO)c3ccc(F)cn3)ccc2[N+](=O)[O-])n[nH]1. The Morgan fingerprint density at radius 3 is 2.73 bits per heavy atom. The Morgan fingerprint density at radius 2 is 2.10 bits per heavy atom. The number of anilines is 3. The smallest absolute Gasteiger partial charge is 0.311 e. The number of aliphatic hydroxyl groups excluding tert-OH is 1. The number of nitrogens with one attached hydrogen (secondary N) is 3. The van der Waals surface area contributed by atoms with E-state index in [-0.39, 0.29) is 35.9 Å². The van der Waals surface area contributed by atoms with Crippen LogP contribution in [0.25, 0.3) is 0 Å². The number of nitro groups is 1. The van der Waals surface area contributed by atoms with Crippen molar-refractivity contribution in [2.75, 3.05) is 17.2 Å². The lowest BCUT2D eigenvalue weighted by Crippen LogP contribution is -2.17. The van der Waals surface area contributed by atoms with Crippen LogP contribution in [0, 0.1) is 15.9 Å². The highest BCUT2D eigenvalue weighted by molar-refractivity contribution is 5.66. The quantitative estimate of drug-likeness (QED) is 0.304. The molecule has 0 saturated carbocycles. The third-order valence-electron chi connectivity index (χ3n) is 3.85. The topological polar surface area (TPSA) is 151 Å². The van der Waals surface area contributed by atoms with Crippen molar-refractivity contribution in [1.82, 2.24) is 20.2 Å². The van der Waals surface area contributed by atoms with E-state index < -0.39 is 16.8 Å².